The number of epoxide rings is 1. The number of fused-ring (bicyclic) bond motifs is 2. The highest BCUT2D eigenvalue weighted by Crippen LogP contribution is 2.67. The molecule has 30 heavy (non-hydrogen) atoms. The first kappa shape index (κ1) is 22.5. The minimum atomic E-state index is -0.566. The van der Waals surface area contributed by atoms with Gasteiger partial charge in [0.2, 0.25) is 0 Å². The average Bonchev–Trinajstić information content (AvgIpc) is 3.17. The molecular weight excluding hydrogens is 376 g/mol. The quantitative estimate of drug-likeness (QED) is 0.472. The molecule has 1 aliphatic heterocycles. The second-order valence-corrected chi connectivity index (χ2v) is 11.8. The second kappa shape index (κ2) is 8.01. The van der Waals surface area contributed by atoms with Gasteiger partial charge in [-0.15, -0.1) is 0 Å². The largest absolute Gasteiger partial charge is 0.393 e. The van der Waals surface area contributed by atoms with Crippen LogP contribution in [0.2, 0.25) is 0 Å². The number of ketones is 1. The lowest BCUT2D eigenvalue weighted by molar-refractivity contribution is -0.117. The Labute approximate surface area is 182 Å². The summed E-state index contributed by atoms with van der Waals surface area (Å²) < 4.78 is 6.42. The highest BCUT2D eigenvalue weighted by Gasteiger charge is 2.68. The van der Waals surface area contributed by atoms with Crippen LogP contribution in [-0.4, -0.2) is 39.4 Å². The maximum absolute atomic E-state index is 12.3. The highest BCUT2D eigenvalue weighted by atomic mass is 16.6. The van der Waals surface area contributed by atoms with Gasteiger partial charge in [0.25, 0.3) is 0 Å². The minimum Gasteiger partial charge on any atom is -0.393 e. The molecule has 1 saturated heterocycles. The molecule has 1 spiro atoms. The molecule has 1 heterocycles. The molecule has 3 saturated carbocycles. The molecule has 0 amide bonds. The van der Waals surface area contributed by atoms with Crippen molar-refractivity contribution in [1.82, 2.24) is 0 Å². The standard InChI is InChI=1S/C26H42O4/c1-17(7-5-12-24(2,3)29)20-9-11-22-25(20,4)13-6-14-26(22)23(30-26)16-18-15-19(27)8-10-21(18)28/h16-17,19-20,22-23,27,29H,5-15H2,1-4H3/b18-16-/t17-,19+,20-,22?,23?,25-,26?/m1/s1. The van der Waals surface area contributed by atoms with E-state index in [9.17, 15) is 15.0 Å². The minimum absolute atomic E-state index is 0.0652. The number of Topliss-reactive ketones (excluding diaryl/α,β-unsaturated/α-hetero) is 1. The van der Waals surface area contributed by atoms with Crippen LogP contribution in [0.5, 0.6) is 0 Å². The smallest absolute Gasteiger partial charge is 0.158 e. The second-order valence-electron chi connectivity index (χ2n) is 11.8. The van der Waals surface area contributed by atoms with Gasteiger partial charge in [-0.3, -0.25) is 4.79 Å². The first-order valence-corrected chi connectivity index (χ1v) is 12.4. The van der Waals surface area contributed by atoms with Gasteiger partial charge in [0.05, 0.1) is 11.7 Å². The van der Waals surface area contributed by atoms with Crippen LogP contribution in [0.4, 0.5) is 0 Å². The van der Waals surface area contributed by atoms with Gasteiger partial charge in [0, 0.05) is 12.8 Å². The molecule has 7 atom stereocenters. The normalized spacial score (nSPS) is 43.8. The summed E-state index contributed by atoms with van der Waals surface area (Å²) in [7, 11) is 0. The van der Waals surface area contributed by atoms with Gasteiger partial charge in [0.1, 0.15) is 11.7 Å². The van der Waals surface area contributed by atoms with E-state index in [0.29, 0.717) is 36.5 Å². The van der Waals surface area contributed by atoms with Gasteiger partial charge in [-0.2, -0.15) is 0 Å². The number of aliphatic hydroxyl groups is 2. The molecule has 0 radical (unpaired) electrons. The van der Waals surface area contributed by atoms with Crippen molar-refractivity contribution in [1.29, 1.82) is 0 Å². The van der Waals surface area contributed by atoms with E-state index in [0.717, 1.165) is 30.8 Å². The van der Waals surface area contributed by atoms with Gasteiger partial charge in [-0.25, -0.2) is 0 Å². The molecule has 170 valence electrons. The van der Waals surface area contributed by atoms with E-state index in [1.54, 1.807) is 0 Å². The Morgan fingerprint density at radius 3 is 2.77 bits per heavy atom. The number of aliphatic hydroxyl groups excluding tert-OH is 1. The van der Waals surface area contributed by atoms with Gasteiger partial charge < -0.3 is 14.9 Å². The van der Waals surface area contributed by atoms with Gasteiger partial charge in [0.15, 0.2) is 5.78 Å². The maximum Gasteiger partial charge on any atom is 0.158 e. The third-order valence-corrected chi connectivity index (χ3v) is 9.06. The van der Waals surface area contributed by atoms with Crippen LogP contribution in [-0.2, 0) is 9.53 Å². The van der Waals surface area contributed by atoms with E-state index in [1.165, 1.54) is 32.1 Å². The van der Waals surface area contributed by atoms with Crippen LogP contribution in [0.25, 0.3) is 0 Å². The molecule has 0 aromatic heterocycles. The number of rotatable bonds is 6. The molecule has 0 aromatic carbocycles. The van der Waals surface area contributed by atoms with E-state index in [4.69, 9.17) is 4.74 Å². The number of hydrogen-bond donors (Lipinski definition) is 2. The molecule has 0 aromatic rings. The third-order valence-electron chi connectivity index (χ3n) is 9.06. The van der Waals surface area contributed by atoms with Crippen molar-refractivity contribution in [2.24, 2.45) is 23.2 Å². The van der Waals surface area contributed by atoms with Crippen LogP contribution in [0.3, 0.4) is 0 Å². The van der Waals surface area contributed by atoms with E-state index in [2.05, 4.69) is 19.9 Å². The Hall–Kier alpha value is -0.710. The fourth-order valence-electron chi connectivity index (χ4n) is 7.47. The van der Waals surface area contributed by atoms with Crippen molar-refractivity contribution in [3.8, 4) is 0 Å². The summed E-state index contributed by atoms with van der Waals surface area (Å²) in [4.78, 5) is 12.3. The van der Waals surface area contributed by atoms with E-state index in [-0.39, 0.29) is 23.6 Å². The molecule has 2 N–H and O–H groups in total. The van der Waals surface area contributed by atoms with Crippen molar-refractivity contribution in [2.45, 2.75) is 122 Å². The lowest BCUT2D eigenvalue weighted by Crippen LogP contribution is -2.44. The summed E-state index contributed by atoms with van der Waals surface area (Å²) in [6.07, 6.45) is 12.6. The molecule has 4 rings (SSSR count). The Bertz CT molecular complexity index is 692. The van der Waals surface area contributed by atoms with Crippen LogP contribution in [0.15, 0.2) is 11.6 Å². The van der Waals surface area contributed by atoms with Gasteiger partial charge in [-0.1, -0.05) is 26.7 Å². The summed E-state index contributed by atoms with van der Waals surface area (Å²) >= 11 is 0. The SMILES string of the molecule is C[C@H](CCCC(C)(C)O)[C@H]1CCC2C3(CCC[C@@]21C)OC3/C=C1/C[C@@H](O)CCC1=O. The van der Waals surface area contributed by atoms with Crippen LogP contribution < -0.4 is 0 Å². The average molecular weight is 419 g/mol. The first-order chi connectivity index (χ1) is 14.1. The van der Waals surface area contributed by atoms with Crippen LogP contribution in [0, 0.1) is 23.2 Å². The van der Waals surface area contributed by atoms with Gasteiger partial charge >= 0.3 is 0 Å². The summed E-state index contributed by atoms with van der Waals surface area (Å²) in [5.74, 6) is 2.17. The molecule has 4 heteroatoms. The predicted octanol–water partition coefficient (Wildman–Crippen LogP) is 4.96. The van der Waals surface area contributed by atoms with Crippen molar-refractivity contribution in [2.75, 3.05) is 0 Å². The Morgan fingerprint density at radius 2 is 2.03 bits per heavy atom. The summed E-state index contributed by atoms with van der Waals surface area (Å²) in [6, 6.07) is 0. The molecular formula is C26H42O4. The van der Waals surface area contributed by atoms with E-state index >= 15 is 0 Å². The molecule has 4 aliphatic rings. The van der Waals surface area contributed by atoms with E-state index in [1.807, 2.05) is 13.8 Å². The third kappa shape index (κ3) is 4.17. The molecule has 4 nitrogen and oxygen atoms in total. The summed E-state index contributed by atoms with van der Waals surface area (Å²) in [5, 5.41) is 20.0. The fraction of sp³-hybridized carbons (Fsp3) is 0.885. The van der Waals surface area contributed by atoms with E-state index < -0.39 is 5.60 Å². The zero-order chi connectivity index (χ0) is 21.7. The topological polar surface area (TPSA) is 70.1 Å². The monoisotopic (exact) mass is 418 g/mol. The van der Waals surface area contributed by atoms with Crippen LogP contribution >= 0.6 is 0 Å². The Kier molecular flexibility index (Phi) is 6.00. The molecule has 3 aliphatic carbocycles. The highest BCUT2D eigenvalue weighted by molar-refractivity contribution is 5.96. The predicted molar refractivity (Wildman–Crippen MR) is 118 cm³/mol. The zero-order valence-electron chi connectivity index (χ0n) is 19.5. The van der Waals surface area contributed by atoms with Crippen molar-refractivity contribution in [3.63, 3.8) is 0 Å². The lowest BCUT2D eigenvalue weighted by Gasteiger charge is -2.46. The Morgan fingerprint density at radius 1 is 1.27 bits per heavy atom. The van der Waals surface area contributed by atoms with Crippen molar-refractivity contribution >= 4 is 5.78 Å². The molecule has 0 bridgehead atoms. The molecule has 3 unspecified atom stereocenters. The summed E-state index contributed by atoms with van der Waals surface area (Å²) in [5.41, 5.74) is 0.487. The fourth-order valence-corrected chi connectivity index (χ4v) is 7.47. The zero-order valence-corrected chi connectivity index (χ0v) is 19.5. The van der Waals surface area contributed by atoms with Gasteiger partial charge in [-0.05, 0) is 93.6 Å². The number of carbonyl (C=O) groups is 1. The number of ether oxygens (including phenoxy) is 1. The number of carbonyl (C=O) groups excluding carboxylic acids is 1. The lowest BCUT2D eigenvalue weighted by atomic mass is 9.58. The first-order valence-electron chi connectivity index (χ1n) is 12.4. The van der Waals surface area contributed by atoms with Crippen molar-refractivity contribution in [3.05, 3.63) is 11.6 Å². The summed E-state index contributed by atoms with van der Waals surface area (Å²) in [6.45, 7) is 8.73. The molecule has 4 fully saturated rings. The van der Waals surface area contributed by atoms with Crippen molar-refractivity contribution < 1.29 is 19.7 Å². The van der Waals surface area contributed by atoms with Crippen LogP contribution in [0.1, 0.15) is 98.3 Å². The number of hydrogen-bond acceptors (Lipinski definition) is 4. The maximum atomic E-state index is 12.3. The Balaban J connectivity index is 1.44.